The van der Waals surface area contributed by atoms with Gasteiger partial charge in [-0.3, -0.25) is 0 Å². The molecule has 2 atom stereocenters. The van der Waals surface area contributed by atoms with E-state index in [-0.39, 0.29) is 5.92 Å². The summed E-state index contributed by atoms with van der Waals surface area (Å²) >= 11 is 7.14. The van der Waals surface area contributed by atoms with Crippen LogP contribution in [0.25, 0.3) is 83.0 Å². The number of furan rings is 2. The second kappa shape index (κ2) is 10.4. The number of aromatic nitrogens is 3. The van der Waals surface area contributed by atoms with Crippen LogP contribution in [0.2, 0.25) is 0 Å². The van der Waals surface area contributed by atoms with Gasteiger partial charge in [0, 0.05) is 44.2 Å². The van der Waals surface area contributed by atoms with Crippen LogP contribution in [0.1, 0.15) is 17.3 Å². The highest BCUT2D eigenvalue weighted by atomic mass is 35.5. The number of allylic oxidation sites excluding steroid dienone is 2. The van der Waals surface area contributed by atoms with E-state index in [1.807, 2.05) is 78.9 Å². The summed E-state index contributed by atoms with van der Waals surface area (Å²) in [6.45, 7) is 0. The van der Waals surface area contributed by atoms with Crippen molar-refractivity contribution in [3.05, 3.63) is 150 Å². The molecule has 1 aliphatic heterocycles. The Morgan fingerprint density at radius 1 is 0.520 bits per heavy atom. The summed E-state index contributed by atoms with van der Waals surface area (Å²) in [6.07, 6.45) is 3.66. The zero-order valence-corrected chi connectivity index (χ0v) is 27.1. The maximum atomic E-state index is 7.14. The van der Waals surface area contributed by atoms with Crippen molar-refractivity contribution in [2.45, 2.75) is 12.0 Å². The molecule has 0 radical (unpaired) electrons. The molecule has 4 heterocycles. The Kier molecular flexibility index (Phi) is 5.75. The first-order valence-electron chi connectivity index (χ1n) is 16.5. The maximum absolute atomic E-state index is 7.14. The lowest BCUT2D eigenvalue weighted by Gasteiger charge is -2.24. The van der Waals surface area contributed by atoms with Gasteiger partial charge >= 0.3 is 0 Å². The molecule has 6 aromatic carbocycles. The van der Waals surface area contributed by atoms with Crippen molar-refractivity contribution < 1.29 is 13.6 Å². The number of hydrogen-bond acceptors (Lipinski definition) is 6. The van der Waals surface area contributed by atoms with Crippen LogP contribution < -0.4 is 4.74 Å². The van der Waals surface area contributed by atoms with E-state index in [0.29, 0.717) is 22.5 Å². The molecule has 2 unspecified atom stereocenters. The number of nitrogens with zero attached hydrogens (tertiary/aromatic N) is 3. The Hall–Kier alpha value is -6.24. The van der Waals surface area contributed by atoms with E-state index in [1.54, 1.807) is 0 Å². The van der Waals surface area contributed by atoms with Gasteiger partial charge in [-0.15, -0.1) is 0 Å². The second-order valence-corrected chi connectivity index (χ2v) is 13.2. The van der Waals surface area contributed by atoms with Crippen LogP contribution in [0, 0.1) is 0 Å². The molecule has 7 heteroatoms. The van der Waals surface area contributed by atoms with Crippen LogP contribution in [0.15, 0.2) is 147 Å². The van der Waals surface area contributed by atoms with Crippen molar-refractivity contribution >= 4 is 71.8 Å². The minimum Gasteiger partial charge on any atom is -0.484 e. The van der Waals surface area contributed by atoms with E-state index in [0.717, 1.165) is 82.7 Å². The molecule has 236 valence electrons. The second-order valence-electron chi connectivity index (χ2n) is 12.7. The summed E-state index contributed by atoms with van der Waals surface area (Å²) in [4.78, 5) is 15.6. The van der Waals surface area contributed by atoms with Gasteiger partial charge < -0.3 is 13.6 Å². The molecule has 0 saturated heterocycles. The highest BCUT2D eigenvalue weighted by Crippen LogP contribution is 2.50. The highest BCUT2D eigenvalue weighted by molar-refractivity contribution is 6.34. The predicted molar refractivity (Wildman–Crippen MR) is 198 cm³/mol. The van der Waals surface area contributed by atoms with Gasteiger partial charge in [0.2, 0.25) is 0 Å². The van der Waals surface area contributed by atoms with Gasteiger partial charge in [0.25, 0.3) is 0 Å². The van der Waals surface area contributed by atoms with E-state index in [1.165, 1.54) is 0 Å². The quantitative estimate of drug-likeness (QED) is 0.187. The molecular weight excluding hydrogens is 642 g/mol. The Bertz CT molecular complexity index is 2820. The first-order valence-corrected chi connectivity index (χ1v) is 16.9. The lowest BCUT2D eigenvalue weighted by atomic mass is 9.84. The fourth-order valence-corrected chi connectivity index (χ4v) is 8.09. The molecule has 6 nitrogen and oxygen atoms in total. The molecule has 0 bridgehead atoms. The van der Waals surface area contributed by atoms with Crippen molar-refractivity contribution in [1.82, 2.24) is 15.0 Å². The van der Waals surface area contributed by atoms with Gasteiger partial charge in [-0.1, -0.05) is 109 Å². The van der Waals surface area contributed by atoms with Crippen LogP contribution >= 0.6 is 11.6 Å². The summed E-state index contributed by atoms with van der Waals surface area (Å²) in [5.41, 5.74) is 6.65. The smallest absolute Gasteiger partial charge is 0.165 e. The Labute approximate surface area is 289 Å². The monoisotopic (exact) mass is 665 g/mol. The standard InChI is InChI=1S/C43H24ClN3O3/c44-30-21-20-27-36-24-10-2-1-9-23(24)19-22-35(36)50-40(27)39(30)43-46-41(28-13-7-17-33-37(28)25-11-3-5-15-31(25)48-33)45-42(47-43)29-14-8-18-34-38(29)26-12-4-6-16-32(26)49-34/h1-22,27,40H. The fraction of sp³-hybridized carbons (Fsp3) is 0.0465. The molecular formula is C43H24ClN3O3. The fourth-order valence-electron chi connectivity index (χ4n) is 7.83. The third-order valence-electron chi connectivity index (χ3n) is 10.00. The van der Waals surface area contributed by atoms with Gasteiger partial charge in [0.15, 0.2) is 17.5 Å². The van der Waals surface area contributed by atoms with E-state index in [2.05, 4.69) is 54.6 Å². The van der Waals surface area contributed by atoms with Crippen molar-refractivity contribution in [3.8, 4) is 28.5 Å². The van der Waals surface area contributed by atoms with E-state index in [4.69, 9.17) is 40.1 Å². The van der Waals surface area contributed by atoms with Crippen LogP contribution in [0.4, 0.5) is 0 Å². The molecule has 2 aliphatic rings. The first-order chi connectivity index (χ1) is 24.7. The van der Waals surface area contributed by atoms with Crippen molar-refractivity contribution in [3.63, 3.8) is 0 Å². The van der Waals surface area contributed by atoms with Crippen LogP contribution in [0.5, 0.6) is 5.75 Å². The van der Waals surface area contributed by atoms with E-state index in [9.17, 15) is 0 Å². The molecule has 0 amide bonds. The molecule has 3 aromatic heterocycles. The zero-order valence-electron chi connectivity index (χ0n) is 26.3. The summed E-state index contributed by atoms with van der Waals surface area (Å²) < 4.78 is 19.3. The van der Waals surface area contributed by atoms with Gasteiger partial charge in [-0.05, 0) is 47.2 Å². The van der Waals surface area contributed by atoms with Crippen molar-refractivity contribution in [2.75, 3.05) is 0 Å². The van der Waals surface area contributed by atoms with E-state index < -0.39 is 6.10 Å². The maximum Gasteiger partial charge on any atom is 0.165 e. The summed E-state index contributed by atoms with van der Waals surface area (Å²) in [6, 6.07) is 40.6. The molecule has 50 heavy (non-hydrogen) atoms. The van der Waals surface area contributed by atoms with E-state index >= 15 is 0 Å². The number of ether oxygens (including phenoxy) is 1. The van der Waals surface area contributed by atoms with Crippen molar-refractivity contribution in [2.24, 2.45) is 0 Å². The van der Waals surface area contributed by atoms with Crippen LogP contribution in [-0.4, -0.2) is 21.1 Å². The Morgan fingerprint density at radius 2 is 1.08 bits per heavy atom. The van der Waals surface area contributed by atoms with Crippen LogP contribution in [0.3, 0.4) is 0 Å². The largest absolute Gasteiger partial charge is 0.484 e. The normalized spacial score (nSPS) is 16.9. The Morgan fingerprint density at radius 3 is 1.74 bits per heavy atom. The number of hydrogen-bond donors (Lipinski definition) is 0. The van der Waals surface area contributed by atoms with Crippen molar-refractivity contribution in [1.29, 1.82) is 0 Å². The third-order valence-corrected chi connectivity index (χ3v) is 10.3. The molecule has 0 N–H and O–H groups in total. The minimum atomic E-state index is -0.424. The average molecular weight is 666 g/mol. The van der Waals surface area contributed by atoms with Crippen LogP contribution in [-0.2, 0) is 0 Å². The zero-order chi connectivity index (χ0) is 32.9. The predicted octanol–water partition coefficient (Wildman–Crippen LogP) is 11.2. The summed E-state index contributed by atoms with van der Waals surface area (Å²) in [7, 11) is 0. The summed E-state index contributed by atoms with van der Waals surface area (Å²) in [5, 5.41) is 6.72. The molecule has 0 fully saturated rings. The number of para-hydroxylation sites is 2. The minimum absolute atomic E-state index is 0.0697. The summed E-state index contributed by atoms with van der Waals surface area (Å²) in [5.74, 6) is 2.25. The number of rotatable bonds is 3. The Balaban J connectivity index is 1.18. The number of benzene rings is 6. The number of halogens is 1. The average Bonchev–Trinajstić information content (AvgIpc) is 3.86. The first kappa shape index (κ1) is 27.7. The van der Waals surface area contributed by atoms with Gasteiger partial charge in [0.05, 0.1) is 10.6 Å². The molecule has 0 spiro atoms. The molecule has 1 aliphatic carbocycles. The lowest BCUT2D eigenvalue weighted by molar-refractivity contribution is 0.277. The van der Waals surface area contributed by atoms with Gasteiger partial charge in [-0.25, -0.2) is 15.0 Å². The van der Waals surface area contributed by atoms with Gasteiger partial charge in [-0.2, -0.15) is 0 Å². The molecule has 0 saturated carbocycles. The lowest BCUT2D eigenvalue weighted by Crippen LogP contribution is -2.24. The third kappa shape index (κ3) is 3.94. The topological polar surface area (TPSA) is 74.2 Å². The van der Waals surface area contributed by atoms with Gasteiger partial charge in [0.1, 0.15) is 34.2 Å². The number of fused-ring (bicyclic) bond motifs is 11. The molecule has 9 aromatic rings. The molecule has 11 rings (SSSR count). The highest BCUT2D eigenvalue weighted by Gasteiger charge is 2.41. The SMILES string of the molecule is ClC1=C(c2nc(-c3cccc4oc5ccccc5c34)nc(-c3cccc4oc5ccccc5c34)n2)C2Oc3ccc4ccccc4c3C2C=C1.